The van der Waals surface area contributed by atoms with E-state index >= 15 is 0 Å². The van der Waals surface area contributed by atoms with Gasteiger partial charge in [0.2, 0.25) is 5.43 Å². The van der Waals surface area contributed by atoms with Crippen LogP contribution < -0.4 is 10.7 Å². The van der Waals surface area contributed by atoms with Crippen LogP contribution in [-0.4, -0.2) is 32.4 Å². The third kappa shape index (κ3) is 2.82. The lowest BCUT2D eigenvalue weighted by Gasteiger charge is -2.05. The van der Waals surface area contributed by atoms with Gasteiger partial charge in [0.1, 0.15) is 17.0 Å². The maximum Gasteiger partial charge on any atom is 0.256 e. The van der Waals surface area contributed by atoms with Crippen molar-refractivity contribution in [3.8, 4) is 0 Å². The van der Waals surface area contributed by atoms with Crippen molar-refractivity contribution in [2.45, 2.75) is 26.7 Å². The van der Waals surface area contributed by atoms with Gasteiger partial charge >= 0.3 is 0 Å². The van der Waals surface area contributed by atoms with Crippen LogP contribution in [0.2, 0.25) is 0 Å². The van der Waals surface area contributed by atoms with E-state index in [1.807, 2.05) is 13.8 Å². The van der Waals surface area contributed by atoms with Crippen LogP contribution >= 0.6 is 0 Å². The van der Waals surface area contributed by atoms with Gasteiger partial charge in [-0.25, -0.2) is 0 Å². The van der Waals surface area contributed by atoms with Crippen LogP contribution in [0, 0.1) is 13.8 Å². The zero-order valence-electron chi connectivity index (χ0n) is 13.8. The number of H-pyrrole nitrogens is 1. The Hall–Kier alpha value is -2.90. The molecule has 1 amide bonds. The Bertz CT molecular complexity index is 931. The van der Waals surface area contributed by atoms with Crippen LogP contribution in [0.5, 0.6) is 0 Å². The fourth-order valence-electron chi connectivity index (χ4n) is 2.72. The maximum atomic E-state index is 12.3. The Morgan fingerprint density at radius 2 is 2.21 bits per heavy atom. The quantitative estimate of drug-likeness (QED) is 0.685. The van der Waals surface area contributed by atoms with Gasteiger partial charge in [-0.3, -0.25) is 14.3 Å². The highest BCUT2D eigenvalue weighted by Gasteiger charge is 2.15. The maximum absolute atomic E-state index is 12.3. The molecular formula is C16H19N5O3. The van der Waals surface area contributed by atoms with Gasteiger partial charge in [-0.15, -0.1) is 0 Å². The fraction of sp³-hybridized carbons (Fsp3) is 0.375. The second-order valence-corrected chi connectivity index (χ2v) is 5.72. The summed E-state index contributed by atoms with van der Waals surface area (Å²) in [5.74, 6) is 0.415. The van der Waals surface area contributed by atoms with Gasteiger partial charge in [0.25, 0.3) is 5.91 Å². The molecule has 3 aromatic rings. The first-order chi connectivity index (χ1) is 11.5. The van der Waals surface area contributed by atoms with Gasteiger partial charge in [0.15, 0.2) is 0 Å². The van der Waals surface area contributed by atoms with Gasteiger partial charge < -0.3 is 14.8 Å². The predicted molar refractivity (Wildman–Crippen MR) is 88.0 cm³/mol. The Kier molecular flexibility index (Phi) is 4.20. The molecule has 0 saturated carbocycles. The lowest BCUT2D eigenvalue weighted by molar-refractivity contribution is 0.0952. The number of aromatic amines is 1. The number of fused-ring (bicyclic) bond motifs is 1. The molecule has 8 heteroatoms. The largest absolute Gasteiger partial charge is 0.361 e. The van der Waals surface area contributed by atoms with Crippen molar-refractivity contribution in [2.24, 2.45) is 7.05 Å². The molecule has 3 rings (SSSR count). The minimum atomic E-state index is -0.388. The van der Waals surface area contributed by atoms with E-state index in [2.05, 4.69) is 20.6 Å². The summed E-state index contributed by atoms with van der Waals surface area (Å²) in [7, 11) is 1.73. The molecule has 0 spiro atoms. The summed E-state index contributed by atoms with van der Waals surface area (Å²) in [6.45, 7) is 4.23. The van der Waals surface area contributed by atoms with Gasteiger partial charge in [0, 0.05) is 25.4 Å². The van der Waals surface area contributed by atoms with Gasteiger partial charge in [-0.2, -0.15) is 5.10 Å². The standard InChI is InChI=1S/C16H19N5O3/c1-9-11(10(2)24-20-9)5-4-6-17-16(23)13-7-18-15-12(14(13)22)8-19-21(15)3/h7-8H,4-6H2,1-3H3,(H,17,23)(H,18,22). The molecule has 0 fully saturated rings. The Balaban J connectivity index is 1.63. The van der Waals surface area contributed by atoms with Crippen molar-refractivity contribution in [2.75, 3.05) is 6.54 Å². The van der Waals surface area contributed by atoms with Crippen LogP contribution in [0.4, 0.5) is 0 Å². The third-order valence-corrected chi connectivity index (χ3v) is 4.10. The minimum absolute atomic E-state index is 0.0906. The van der Waals surface area contributed by atoms with Gasteiger partial charge in [0.05, 0.1) is 17.3 Å². The molecule has 3 aromatic heterocycles. The highest BCUT2D eigenvalue weighted by Crippen LogP contribution is 2.13. The molecule has 2 N–H and O–H groups in total. The summed E-state index contributed by atoms with van der Waals surface area (Å²) in [4.78, 5) is 27.5. The molecule has 126 valence electrons. The molecule has 0 aliphatic heterocycles. The van der Waals surface area contributed by atoms with Crippen molar-refractivity contribution in [3.05, 3.63) is 45.2 Å². The van der Waals surface area contributed by atoms with Crippen LogP contribution in [0.15, 0.2) is 21.7 Å². The lowest BCUT2D eigenvalue weighted by atomic mass is 10.1. The monoisotopic (exact) mass is 329 g/mol. The van der Waals surface area contributed by atoms with Crippen molar-refractivity contribution in [1.29, 1.82) is 0 Å². The van der Waals surface area contributed by atoms with Gasteiger partial charge in [-0.05, 0) is 26.7 Å². The van der Waals surface area contributed by atoms with E-state index in [0.29, 0.717) is 17.6 Å². The number of rotatable bonds is 5. The van der Waals surface area contributed by atoms with Crippen LogP contribution in [-0.2, 0) is 13.5 Å². The number of aromatic nitrogens is 4. The summed E-state index contributed by atoms with van der Waals surface area (Å²) in [6.07, 6.45) is 4.39. The first kappa shape index (κ1) is 16.0. The second-order valence-electron chi connectivity index (χ2n) is 5.72. The van der Waals surface area contributed by atoms with Crippen molar-refractivity contribution in [3.63, 3.8) is 0 Å². The van der Waals surface area contributed by atoms with E-state index in [1.165, 1.54) is 12.4 Å². The third-order valence-electron chi connectivity index (χ3n) is 4.10. The molecule has 0 saturated heterocycles. The average Bonchev–Trinajstić information content (AvgIpc) is 3.09. The topological polar surface area (TPSA) is 106 Å². The van der Waals surface area contributed by atoms with Crippen molar-refractivity contribution >= 4 is 16.9 Å². The summed E-state index contributed by atoms with van der Waals surface area (Å²) < 4.78 is 6.67. The number of pyridine rings is 1. The summed E-state index contributed by atoms with van der Waals surface area (Å²) in [5.41, 5.74) is 2.30. The number of aryl methyl sites for hydroxylation is 3. The van der Waals surface area contributed by atoms with Crippen LogP contribution in [0.1, 0.15) is 33.8 Å². The molecule has 0 aliphatic carbocycles. The molecule has 24 heavy (non-hydrogen) atoms. The van der Waals surface area contributed by atoms with Crippen molar-refractivity contribution < 1.29 is 9.32 Å². The first-order valence-electron chi connectivity index (χ1n) is 7.72. The Morgan fingerprint density at radius 1 is 1.42 bits per heavy atom. The molecule has 0 unspecified atom stereocenters. The number of carbonyl (C=O) groups excluding carboxylic acids is 1. The number of nitrogens with one attached hydrogen (secondary N) is 2. The molecule has 0 aromatic carbocycles. The molecule has 0 radical (unpaired) electrons. The number of nitrogens with zero attached hydrogens (tertiary/aromatic N) is 3. The van der Waals surface area contributed by atoms with E-state index in [4.69, 9.17) is 4.52 Å². The molecule has 0 aliphatic rings. The van der Waals surface area contributed by atoms with E-state index < -0.39 is 0 Å². The number of hydrogen-bond donors (Lipinski definition) is 2. The zero-order valence-corrected chi connectivity index (χ0v) is 13.8. The SMILES string of the molecule is Cc1noc(C)c1CCCNC(=O)c1c[nH]c2c(cnn2C)c1=O. The smallest absolute Gasteiger partial charge is 0.256 e. The number of hydrogen-bond acceptors (Lipinski definition) is 5. The normalized spacial score (nSPS) is 11.1. The number of amides is 1. The molecular weight excluding hydrogens is 310 g/mol. The summed E-state index contributed by atoms with van der Waals surface area (Å²) in [6, 6.07) is 0. The highest BCUT2D eigenvalue weighted by molar-refractivity contribution is 5.96. The Morgan fingerprint density at radius 3 is 2.92 bits per heavy atom. The van der Waals surface area contributed by atoms with Gasteiger partial charge in [-0.1, -0.05) is 5.16 Å². The van der Waals surface area contributed by atoms with Crippen LogP contribution in [0.3, 0.4) is 0 Å². The zero-order chi connectivity index (χ0) is 17.3. The minimum Gasteiger partial charge on any atom is -0.361 e. The average molecular weight is 329 g/mol. The Labute approximate surface area is 137 Å². The molecule has 3 heterocycles. The first-order valence-corrected chi connectivity index (χ1v) is 7.72. The predicted octanol–water partition coefficient (Wildman–Crippen LogP) is 1.23. The fourth-order valence-corrected chi connectivity index (χ4v) is 2.72. The van der Waals surface area contributed by atoms with E-state index in [-0.39, 0.29) is 16.9 Å². The van der Waals surface area contributed by atoms with E-state index in [9.17, 15) is 9.59 Å². The van der Waals surface area contributed by atoms with Crippen molar-refractivity contribution in [1.82, 2.24) is 25.2 Å². The van der Waals surface area contributed by atoms with E-state index in [1.54, 1.807) is 11.7 Å². The summed E-state index contributed by atoms with van der Waals surface area (Å²) >= 11 is 0. The number of carbonyl (C=O) groups is 1. The molecule has 0 bridgehead atoms. The highest BCUT2D eigenvalue weighted by atomic mass is 16.5. The summed E-state index contributed by atoms with van der Waals surface area (Å²) in [5, 5.41) is 11.1. The van der Waals surface area contributed by atoms with Crippen LogP contribution in [0.25, 0.3) is 11.0 Å². The second kappa shape index (κ2) is 6.31. The molecule has 0 atom stereocenters. The lowest BCUT2D eigenvalue weighted by Crippen LogP contribution is -2.29. The van der Waals surface area contributed by atoms with E-state index in [0.717, 1.165) is 29.9 Å². The molecule has 8 nitrogen and oxygen atoms in total.